The van der Waals surface area contributed by atoms with Gasteiger partial charge in [-0.05, 0) is 117 Å². The molecule has 392 valence electrons. The summed E-state index contributed by atoms with van der Waals surface area (Å²) in [5.74, 6) is 1.27. The highest BCUT2D eigenvalue weighted by molar-refractivity contribution is 6.74. The van der Waals surface area contributed by atoms with Gasteiger partial charge in [0.2, 0.25) is 0 Å². The fraction of sp³-hybridized carbons (Fsp3) is 0.764. The second kappa shape index (κ2) is 27.3. The Morgan fingerprint density at radius 2 is 1.43 bits per heavy atom. The molecule has 0 radical (unpaired) electrons. The van der Waals surface area contributed by atoms with Crippen LogP contribution in [0.25, 0.3) is 6.08 Å². The SMILES string of the molecule is COCCOCO[C@@H](C[C@H](O[Si](C)(C)C(C)(C)C)[C@H](C)[C@@H](OC)/C(C)=C/C=C/C(C)=C/c1coc(C)n1)/C(C)=C/C=C/[C@@H](C)[C@H]1C[C@@H](CCO[Si](C)(C)C(C)(C)C)C[C@@H](O[Si](C)(C)C(C)(C)C)O1. The second-order valence-electron chi connectivity index (χ2n) is 24.2. The molecule has 1 aliphatic heterocycles. The van der Waals surface area contributed by atoms with E-state index in [-0.39, 0.29) is 64.4 Å². The molecule has 0 aliphatic carbocycles. The lowest BCUT2D eigenvalue weighted by molar-refractivity contribution is -0.178. The second-order valence-corrected chi connectivity index (χ2v) is 38.5. The summed E-state index contributed by atoms with van der Waals surface area (Å²) in [7, 11) is -2.69. The lowest BCUT2D eigenvalue weighted by atomic mass is 9.86. The molecule has 68 heavy (non-hydrogen) atoms. The molecule has 1 aromatic heterocycles. The molecule has 8 atom stereocenters. The molecule has 2 rings (SSSR count). The number of aromatic nitrogens is 1. The van der Waals surface area contributed by atoms with Crippen LogP contribution in [0.15, 0.2) is 63.9 Å². The molecule has 1 fully saturated rings. The summed E-state index contributed by atoms with van der Waals surface area (Å²) < 4.78 is 57.4. The van der Waals surface area contributed by atoms with Gasteiger partial charge in [0.25, 0.3) is 0 Å². The average molecular weight is 1000 g/mol. The molecule has 0 bridgehead atoms. The average Bonchev–Trinajstić information content (AvgIpc) is 3.61. The van der Waals surface area contributed by atoms with Crippen LogP contribution in [0.2, 0.25) is 54.4 Å². The monoisotopic (exact) mass is 1000 g/mol. The van der Waals surface area contributed by atoms with Gasteiger partial charge in [0, 0.05) is 52.4 Å². The first-order chi connectivity index (χ1) is 31.2. The van der Waals surface area contributed by atoms with E-state index in [1.54, 1.807) is 20.5 Å². The molecule has 0 saturated carbocycles. The van der Waals surface area contributed by atoms with Crippen LogP contribution in [0.4, 0.5) is 0 Å². The number of rotatable bonds is 27. The normalized spacial score (nSPS) is 21.5. The van der Waals surface area contributed by atoms with Crippen LogP contribution in [0.5, 0.6) is 0 Å². The maximum Gasteiger partial charge on any atom is 0.195 e. The van der Waals surface area contributed by atoms with Gasteiger partial charge in [-0.3, -0.25) is 0 Å². The van der Waals surface area contributed by atoms with Gasteiger partial charge in [-0.1, -0.05) is 113 Å². The summed E-state index contributed by atoms with van der Waals surface area (Å²) in [5.41, 5.74) is 4.08. The Bertz CT molecular complexity index is 1790. The van der Waals surface area contributed by atoms with E-state index in [1.807, 2.05) is 13.0 Å². The van der Waals surface area contributed by atoms with E-state index in [2.05, 4.69) is 178 Å². The van der Waals surface area contributed by atoms with Crippen LogP contribution in [0, 0.1) is 24.7 Å². The van der Waals surface area contributed by atoms with Gasteiger partial charge in [0.1, 0.15) is 25.0 Å². The summed E-state index contributed by atoms with van der Waals surface area (Å²) in [6, 6.07) is 0. The minimum Gasteiger partial charge on any atom is -0.449 e. The molecule has 0 spiro atoms. The first-order valence-electron chi connectivity index (χ1n) is 25.4. The lowest BCUT2D eigenvalue weighted by Crippen LogP contribution is -2.48. The molecule has 0 unspecified atom stereocenters. The van der Waals surface area contributed by atoms with Gasteiger partial charge in [-0.15, -0.1) is 0 Å². The van der Waals surface area contributed by atoms with Gasteiger partial charge in [-0.25, -0.2) is 4.98 Å². The zero-order chi connectivity index (χ0) is 51.9. The van der Waals surface area contributed by atoms with Crippen LogP contribution in [0.3, 0.4) is 0 Å². The van der Waals surface area contributed by atoms with Gasteiger partial charge in [0.05, 0.1) is 37.6 Å². The van der Waals surface area contributed by atoms with E-state index in [0.717, 1.165) is 48.3 Å². The summed E-state index contributed by atoms with van der Waals surface area (Å²) in [6.07, 6.45) is 19.3. The molecular weight excluding hydrogens is 903 g/mol. The Kier molecular flexibility index (Phi) is 25.1. The number of oxazole rings is 1. The first-order valence-corrected chi connectivity index (χ1v) is 34.1. The van der Waals surface area contributed by atoms with Crippen molar-refractivity contribution < 1.29 is 41.4 Å². The third-order valence-electron chi connectivity index (χ3n) is 15.3. The van der Waals surface area contributed by atoms with Crippen molar-refractivity contribution in [1.29, 1.82) is 0 Å². The molecule has 13 heteroatoms. The van der Waals surface area contributed by atoms with Crippen molar-refractivity contribution >= 4 is 31.0 Å². The fourth-order valence-corrected chi connectivity index (χ4v) is 11.2. The molecule has 0 amide bonds. The maximum absolute atomic E-state index is 7.36. The van der Waals surface area contributed by atoms with Crippen LogP contribution < -0.4 is 0 Å². The van der Waals surface area contributed by atoms with E-state index in [0.29, 0.717) is 31.4 Å². The van der Waals surface area contributed by atoms with Gasteiger partial charge in [0.15, 0.2) is 30.8 Å². The predicted octanol–water partition coefficient (Wildman–Crippen LogP) is 15.0. The topological polar surface area (TPSA) is 99.9 Å². The van der Waals surface area contributed by atoms with Crippen molar-refractivity contribution in [2.24, 2.45) is 17.8 Å². The van der Waals surface area contributed by atoms with E-state index in [4.69, 9.17) is 41.4 Å². The number of methoxy groups -OCH3 is 2. The Balaban J connectivity index is 2.47. The highest BCUT2D eigenvalue weighted by Crippen LogP contribution is 2.43. The largest absolute Gasteiger partial charge is 0.449 e. The summed E-state index contributed by atoms with van der Waals surface area (Å²) in [5, 5.41) is 0.273. The molecule has 1 aliphatic rings. The van der Waals surface area contributed by atoms with Gasteiger partial charge < -0.3 is 41.4 Å². The number of allylic oxidation sites excluding steroid dienone is 6. The van der Waals surface area contributed by atoms with Crippen LogP contribution in [-0.2, 0) is 37.0 Å². The van der Waals surface area contributed by atoms with Crippen molar-refractivity contribution in [3.63, 3.8) is 0 Å². The Morgan fingerprint density at radius 1 is 0.809 bits per heavy atom. The quantitative estimate of drug-likeness (QED) is 0.0367. The summed E-state index contributed by atoms with van der Waals surface area (Å²) >= 11 is 0. The van der Waals surface area contributed by atoms with E-state index in [1.165, 1.54) is 0 Å². The number of hydrogen-bond acceptors (Lipinski definition) is 10. The van der Waals surface area contributed by atoms with Crippen molar-refractivity contribution in [1.82, 2.24) is 4.98 Å². The molecule has 1 aromatic rings. The van der Waals surface area contributed by atoms with E-state index in [9.17, 15) is 0 Å². The summed E-state index contributed by atoms with van der Waals surface area (Å²) in [4.78, 5) is 4.41. The van der Waals surface area contributed by atoms with Crippen molar-refractivity contribution in [2.75, 3.05) is 40.8 Å². The smallest absolute Gasteiger partial charge is 0.195 e. The zero-order valence-electron chi connectivity index (χ0n) is 47.5. The van der Waals surface area contributed by atoms with E-state index < -0.39 is 25.0 Å². The van der Waals surface area contributed by atoms with Crippen LogP contribution in [0.1, 0.15) is 134 Å². The third kappa shape index (κ3) is 20.4. The summed E-state index contributed by atoms with van der Waals surface area (Å²) in [6.45, 7) is 49.3. The molecule has 0 aromatic carbocycles. The zero-order valence-corrected chi connectivity index (χ0v) is 50.5. The lowest BCUT2D eigenvalue weighted by Gasteiger charge is -2.44. The highest BCUT2D eigenvalue weighted by atomic mass is 28.4. The number of ether oxygens (including phenoxy) is 5. The fourth-order valence-electron chi connectivity index (χ4n) is 7.51. The van der Waals surface area contributed by atoms with Crippen molar-refractivity contribution in [3.8, 4) is 0 Å². The van der Waals surface area contributed by atoms with Gasteiger partial charge >= 0.3 is 0 Å². The maximum atomic E-state index is 7.36. The van der Waals surface area contributed by atoms with Crippen molar-refractivity contribution in [3.05, 3.63) is 71.0 Å². The highest BCUT2D eigenvalue weighted by Gasteiger charge is 2.44. The molecule has 0 N–H and O–H groups in total. The number of nitrogens with zero attached hydrogens (tertiary/aromatic N) is 1. The van der Waals surface area contributed by atoms with Crippen LogP contribution >= 0.6 is 0 Å². The number of aryl methyl sites for hydroxylation is 1. The predicted molar refractivity (Wildman–Crippen MR) is 291 cm³/mol. The van der Waals surface area contributed by atoms with Gasteiger partial charge in [-0.2, -0.15) is 0 Å². The Hall–Kier alpha value is -1.76. The molecular formula is C55H101NO9Si3. The van der Waals surface area contributed by atoms with Crippen LogP contribution in [-0.4, -0.2) is 101 Å². The van der Waals surface area contributed by atoms with E-state index >= 15 is 0 Å². The standard InChI is InChI=1S/C55H101NO9Si3/c1-40(34-47-38-60-45(6)56-47)26-24-29-43(4)52(58-17)44(5)50(64-67(20,21)54(10,11)12)37-48(61-39-59-33-32-57-16)41(2)27-25-28-42(3)49-35-46(30-31-62-66(18,19)53(7,8)9)36-51(63-49)65-68(22,23)55(13,14)15/h24-29,34,38,42,44,46,48-52H,30-33,35-37,39H2,1-23H3/b26-24+,28-25+,40-34+,41-27+,43-29+/t42-,44+,46-,48+,49-,50+,51-,52+/m1/s1. The minimum atomic E-state index is -2.25. The minimum absolute atomic E-state index is 0.00237. The van der Waals surface area contributed by atoms with Crippen molar-refractivity contribution in [2.45, 2.75) is 215 Å². The Morgan fingerprint density at radius 3 is 1.99 bits per heavy atom. The molecule has 1 saturated heterocycles. The first kappa shape index (κ1) is 62.4. The molecule has 2 heterocycles. The third-order valence-corrected chi connectivity index (χ3v) is 28.8. The Labute approximate surface area is 419 Å². The number of hydrogen-bond donors (Lipinski definition) is 0. The molecule has 10 nitrogen and oxygen atoms in total.